The third-order valence-corrected chi connectivity index (χ3v) is 5.36. The van der Waals surface area contributed by atoms with E-state index in [0.717, 1.165) is 24.8 Å². The Balaban J connectivity index is 1.64. The van der Waals surface area contributed by atoms with Gasteiger partial charge in [-0.05, 0) is 62.6 Å². The van der Waals surface area contributed by atoms with Gasteiger partial charge in [0.05, 0.1) is 11.5 Å². The Morgan fingerprint density at radius 3 is 2.43 bits per heavy atom. The molecule has 4 heteroatoms. The summed E-state index contributed by atoms with van der Waals surface area (Å²) < 4.78 is 13.8. The molecule has 0 radical (unpaired) electrons. The van der Waals surface area contributed by atoms with E-state index in [4.69, 9.17) is 0 Å². The van der Waals surface area contributed by atoms with Crippen LogP contribution in [0.3, 0.4) is 0 Å². The molecule has 3 nitrogen and oxygen atoms in total. The molecule has 1 aliphatic carbocycles. The Morgan fingerprint density at radius 2 is 1.79 bits per heavy atom. The molecule has 0 fully saturated rings. The summed E-state index contributed by atoms with van der Waals surface area (Å²) in [5, 5.41) is 9.57. The summed E-state index contributed by atoms with van der Waals surface area (Å²) >= 11 is 0. The van der Waals surface area contributed by atoms with Gasteiger partial charge in [0.25, 0.3) is 0 Å². The van der Waals surface area contributed by atoms with Crippen LogP contribution in [0.5, 0.6) is 0 Å². The van der Waals surface area contributed by atoms with E-state index in [1.165, 1.54) is 30.5 Å². The van der Waals surface area contributed by atoms with Gasteiger partial charge in [-0.15, -0.1) is 0 Å². The monoisotopic (exact) mass is 380 g/mol. The molecule has 2 aromatic rings. The van der Waals surface area contributed by atoms with Crippen LogP contribution in [0.15, 0.2) is 60.2 Å². The van der Waals surface area contributed by atoms with Gasteiger partial charge in [-0.1, -0.05) is 48.0 Å². The molecule has 0 aromatic heterocycles. The van der Waals surface area contributed by atoms with Crippen LogP contribution >= 0.6 is 0 Å². The standard InChI is InChI=1S/C24H25FO3/c25-22-9-5-4-8-21(22)23(26)19-13-11-18(12-14-19)16-20(24(27)28)15-10-17-6-2-1-3-7-17/h4-6,8-9,11-14,20H,1-3,7,10,15-16H2,(H,27,28). The fourth-order valence-corrected chi connectivity index (χ4v) is 3.68. The van der Waals surface area contributed by atoms with Crippen molar-refractivity contribution in [2.45, 2.75) is 44.9 Å². The Bertz CT molecular complexity index is 868. The normalized spacial score (nSPS) is 15.0. The molecule has 0 saturated carbocycles. The average molecular weight is 380 g/mol. The molecular formula is C24H25FO3. The quantitative estimate of drug-likeness (QED) is 0.480. The van der Waals surface area contributed by atoms with Gasteiger partial charge in [-0.2, -0.15) is 0 Å². The van der Waals surface area contributed by atoms with Crippen molar-refractivity contribution < 1.29 is 19.1 Å². The number of carbonyl (C=O) groups excluding carboxylic acids is 1. The van der Waals surface area contributed by atoms with Crippen LogP contribution in [-0.4, -0.2) is 16.9 Å². The molecule has 28 heavy (non-hydrogen) atoms. The lowest BCUT2D eigenvalue weighted by Gasteiger charge is -2.16. The Hall–Kier alpha value is -2.75. The lowest BCUT2D eigenvalue weighted by Crippen LogP contribution is -2.17. The Morgan fingerprint density at radius 1 is 1.04 bits per heavy atom. The van der Waals surface area contributed by atoms with E-state index >= 15 is 0 Å². The van der Waals surface area contributed by atoms with Gasteiger partial charge in [0.1, 0.15) is 5.82 Å². The fraction of sp³-hybridized carbons (Fsp3) is 0.333. The van der Waals surface area contributed by atoms with Crippen molar-refractivity contribution in [2.75, 3.05) is 0 Å². The molecule has 2 aromatic carbocycles. The number of allylic oxidation sites excluding steroid dienone is 2. The first kappa shape index (κ1) is 20.0. The summed E-state index contributed by atoms with van der Waals surface area (Å²) in [6.45, 7) is 0. The highest BCUT2D eigenvalue weighted by Gasteiger charge is 2.19. The van der Waals surface area contributed by atoms with Crippen LogP contribution in [0.1, 0.15) is 60.0 Å². The van der Waals surface area contributed by atoms with E-state index in [1.807, 2.05) is 0 Å². The van der Waals surface area contributed by atoms with Gasteiger partial charge in [-0.25, -0.2) is 4.39 Å². The summed E-state index contributed by atoms with van der Waals surface area (Å²) in [5.41, 5.74) is 2.69. The molecule has 1 unspecified atom stereocenters. The lowest BCUT2D eigenvalue weighted by molar-refractivity contribution is -0.141. The smallest absolute Gasteiger partial charge is 0.306 e. The summed E-state index contributed by atoms with van der Waals surface area (Å²) in [6.07, 6.45) is 8.74. The molecule has 0 spiro atoms. The molecule has 0 bridgehead atoms. The highest BCUT2D eigenvalue weighted by atomic mass is 19.1. The number of hydrogen-bond acceptors (Lipinski definition) is 2. The number of rotatable bonds is 8. The van der Waals surface area contributed by atoms with Gasteiger partial charge >= 0.3 is 5.97 Å². The topological polar surface area (TPSA) is 54.4 Å². The number of carboxylic acid groups (broad SMARTS) is 1. The largest absolute Gasteiger partial charge is 0.481 e. The van der Waals surface area contributed by atoms with E-state index in [0.29, 0.717) is 18.4 Å². The Labute approximate surface area is 164 Å². The minimum Gasteiger partial charge on any atom is -0.481 e. The van der Waals surface area contributed by atoms with Crippen LogP contribution in [0.25, 0.3) is 0 Å². The van der Waals surface area contributed by atoms with Crippen LogP contribution in [0, 0.1) is 11.7 Å². The fourth-order valence-electron chi connectivity index (χ4n) is 3.68. The minimum atomic E-state index is -0.789. The van der Waals surface area contributed by atoms with Gasteiger partial charge in [0, 0.05) is 5.56 Å². The average Bonchev–Trinajstić information content (AvgIpc) is 2.72. The maximum absolute atomic E-state index is 13.8. The van der Waals surface area contributed by atoms with Crippen molar-refractivity contribution in [3.05, 3.63) is 82.7 Å². The highest BCUT2D eigenvalue weighted by molar-refractivity contribution is 6.09. The molecule has 0 amide bonds. The summed E-state index contributed by atoms with van der Waals surface area (Å²) in [6, 6.07) is 12.7. The van der Waals surface area contributed by atoms with Gasteiger partial charge in [0.2, 0.25) is 0 Å². The van der Waals surface area contributed by atoms with Crippen LogP contribution < -0.4 is 0 Å². The van der Waals surface area contributed by atoms with Gasteiger partial charge in [-0.3, -0.25) is 9.59 Å². The number of halogens is 1. The predicted octanol–water partition coefficient (Wildman–Crippen LogP) is 5.58. The zero-order valence-electron chi connectivity index (χ0n) is 15.9. The first-order valence-corrected chi connectivity index (χ1v) is 9.83. The first-order valence-electron chi connectivity index (χ1n) is 9.83. The van der Waals surface area contributed by atoms with Crippen LogP contribution in [-0.2, 0) is 11.2 Å². The van der Waals surface area contributed by atoms with Crippen LogP contribution in [0.4, 0.5) is 4.39 Å². The molecule has 0 heterocycles. The number of carboxylic acids is 1. The summed E-state index contributed by atoms with van der Waals surface area (Å²) in [7, 11) is 0. The van der Waals surface area contributed by atoms with Crippen molar-refractivity contribution in [3.63, 3.8) is 0 Å². The zero-order valence-corrected chi connectivity index (χ0v) is 15.9. The molecule has 1 atom stereocenters. The molecule has 1 aliphatic rings. The van der Waals surface area contributed by atoms with E-state index in [-0.39, 0.29) is 11.3 Å². The molecule has 0 saturated heterocycles. The molecule has 3 rings (SSSR count). The number of benzene rings is 2. The Kier molecular flexibility index (Phi) is 6.75. The van der Waals surface area contributed by atoms with Crippen molar-refractivity contribution in [1.82, 2.24) is 0 Å². The number of carbonyl (C=O) groups is 2. The summed E-state index contributed by atoms with van der Waals surface area (Å²) in [4.78, 5) is 24.1. The van der Waals surface area contributed by atoms with E-state index in [1.54, 1.807) is 36.4 Å². The highest BCUT2D eigenvalue weighted by Crippen LogP contribution is 2.25. The number of aliphatic carboxylic acids is 1. The summed E-state index contributed by atoms with van der Waals surface area (Å²) in [5.74, 6) is -2.15. The zero-order chi connectivity index (χ0) is 19.9. The molecule has 146 valence electrons. The minimum absolute atomic E-state index is 0.0411. The van der Waals surface area contributed by atoms with Crippen molar-refractivity contribution in [1.29, 1.82) is 0 Å². The first-order chi connectivity index (χ1) is 13.5. The van der Waals surface area contributed by atoms with E-state index < -0.39 is 17.7 Å². The molecule has 0 aliphatic heterocycles. The third-order valence-electron chi connectivity index (χ3n) is 5.36. The second-order valence-corrected chi connectivity index (χ2v) is 7.39. The number of ketones is 1. The van der Waals surface area contributed by atoms with Crippen molar-refractivity contribution in [3.8, 4) is 0 Å². The molecule has 1 N–H and O–H groups in total. The van der Waals surface area contributed by atoms with Crippen molar-refractivity contribution in [2.24, 2.45) is 5.92 Å². The van der Waals surface area contributed by atoms with E-state index in [2.05, 4.69) is 6.08 Å². The van der Waals surface area contributed by atoms with Gasteiger partial charge < -0.3 is 5.11 Å². The third kappa shape index (κ3) is 5.16. The maximum Gasteiger partial charge on any atom is 0.306 e. The predicted molar refractivity (Wildman–Crippen MR) is 107 cm³/mol. The second-order valence-electron chi connectivity index (χ2n) is 7.39. The molecular weight excluding hydrogens is 355 g/mol. The van der Waals surface area contributed by atoms with E-state index in [9.17, 15) is 19.1 Å². The second kappa shape index (κ2) is 9.45. The van der Waals surface area contributed by atoms with Gasteiger partial charge in [0.15, 0.2) is 5.78 Å². The van der Waals surface area contributed by atoms with Crippen molar-refractivity contribution >= 4 is 11.8 Å². The number of hydrogen-bond donors (Lipinski definition) is 1. The lowest BCUT2D eigenvalue weighted by atomic mass is 9.89. The van der Waals surface area contributed by atoms with Crippen LogP contribution in [0.2, 0.25) is 0 Å². The SMILES string of the molecule is O=C(c1ccc(CC(CCC2=CCCCC2)C(=O)O)cc1)c1ccccc1F. The maximum atomic E-state index is 13.8.